The third-order valence-corrected chi connectivity index (χ3v) is 6.08. The largest absolute Gasteiger partial charge is 0.495 e. The molecule has 1 aromatic heterocycles. The summed E-state index contributed by atoms with van der Waals surface area (Å²) in [6.45, 7) is 1.02. The number of thioether (sulfide) groups is 1. The number of nitrogens with zero attached hydrogens (tertiary/aromatic N) is 2. The maximum atomic E-state index is 12.8. The van der Waals surface area contributed by atoms with E-state index in [9.17, 15) is 4.79 Å². The maximum absolute atomic E-state index is 12.8. The van der Waals surface area contributed by atoms with Gasteiger partial charge in [0.05, 0.1) is 20.8 Å². The Balaban J connectivity index is 2.17. The molecule has 0 bridgehead atoms. The van der Waals surface area contributed by atoms with Crippen molar-refractivity contribution >= 4 is 39.2 Å². The predicted octanol–water partition coefficient (Wildman–Crippen LogP) is 3.83. The molecule has 3 aromatic rings. The Hall–Kier alpha value is -2.29. The lowest BCUT2D eigenvalue weighted by Gasteiger charge is -2.09. The monoisotopic (exact) mass is 418 g/mol. The van der Waals surface area contributed by atoms with Crippen molar-refractivity contribution in [2.45, 2.75) is 11.4 Å². The number of benzene rings is 2. The van der Waals surface area contributed by atoms with E-state index in [1.807, 2.05) is 35.1 Å². The zero-order valence-electron chi connectivity index (χ0n) is 16.2. The van der Waals surface area contributed by atoms with Crippen LogP contribution in [0.3, 0.4) is 0 Å². The van der Waals surface area contributed by atoms with E-state index in [4.69, 9.17) is 14.2 Å². The minimum Gasteiger partial charge on any atom is -0.495 e. The zero-order chi connectivity index (χ0) is 20.1. The van der Waals surface area contributed by atoms with Gasteiger partial charge in [0, 0.05) is 24.1 Å². The summed E-state index contributed by atoms with van der Waals surface area (Å²) in [5.74, 6) is 1.12. The molecule has 0 unspecified atom stereocenters. The van der Waals surface area contributed by atoms with Gasteiger partial charge in [-0.05, 0) is 42.7 Å². The molecule has 8 heteroatoms. The van der Waals surface area contributed by atoms with Crippen molar-refractivity contribution in [3.8, 4) is 11.5 Å². The van der Waals surface area contributed by atoms with Gasteiger partial charge in [0.25, 0.3) is 5.91 Å². The molecule has 0 saturated heterocycles. The molecular formula is C20H22N2O4S2. The summed E-state index contributed by atoms with van der Waals surface area (Å²) in [4.78, 5) is 18.8. The molecule has 148 valence electrons. The first-order valence-electron chi connectivity index (χ1n) is 8.59. The second kappa shape index (κ2) is 9.27. The maximum Gasteiger partial charge on any atom is 0.279 e. The van der Waals surface area contributed by atoms with Gasteiger partial charge in [0.1, 0.15) is 21.7 Å². The Kier molecular flexibility index (Phi) is 6.77. The number of rotatable bonds is 7. The highest BCUT2D eigenvalue weighted by Crippen LogP contribution is 2.35. The molecule has 0 aliphatic rings. The van der Waals surface area contributed by atoms with E-state index in [1.165, 1.54) is 11.3 Å². The summed E-state index contributed by atoms with van der Waals surface area (Å²) in [5, 5.41) is 0. The number of fused-ring (bicyclic) bond motifs is 1. The Bertz CT molecular complexity index is 1040. The van der Waals surface area contributed by atoms with Crippen molar-refractivity contribution in [2.75, 3.05) is 34.2 Å². The van der Waals surface area contributed by atoms with Crippen LogP contribution in [0.25, 0.3) is 10.2 Å². The molecule has 28 heavy (non-hydrogen) atoms. The second-order valence-electron chi connectivity index (χ2n) is 5.82. The molecule has 0 spiro atoms. The van der Waals surface area contributed by atoms with E-state index >= 15 is 0 Å². The lowest BCUT2D eigenvalue weighted by molar-refractivity contribution is 0.0997. The molecule has 0 aliphatic heterocycles. The zero-order valence-corrected chi connectivity index (χ0v) is 17.9. The third kappa shape index (κ3) is 4.09. The first-order chi connectivity index (χ1) is 13.6. The highest BCUT2D eigenvalue weighted by Gasteiger charge is 2.16. The summed E-state index contributed by atoms with van der Waals surface area (Å²) in [6.07, 6.45) is 2.00. The molecule has 1 amide bonds. The Morgan fingerprint density at radius 2 is 1.75 bits per heavy atom. The molecule has 6 nitrogen and oxygen atoms in total. The van der Waals surface area contributed by atoms with Crippen LogP contribution in [0.15, 0.2) is 46.3 Å². The highest BCUT2D eigenvalue weighted by atomic mass is 32.2. The van der Waals surface area contributed by atoms with E-state index < -0.39 is 0 Å². The van der Waals surface area contributed by atoms with Crippen molar-refractivity contribution in [3.63, 3.8) is 0 Å². The lowest BCUT2D eigenvalue weighted by Crippen LogP contribution is -2.19. The molecule has 3 rings (SSSR count). The van der Waals surface area contributed by atoms with Crippen molar-refractivity contribution in [2.24, 2.45) is 4.99 Å². The highest BCUT2D eigenvalue weighted by molar-refractivity contribution is 7.98. The number of hydrogen-bond acceptors (Lipinski definition) is 6. The lowest BCUT2D eigenvalue weighted by atomic mass is 10.2. The standard InChI is InChI=1S/C20H22N2O4S2/c1-24-12-11-22-17-15(25-2)9-10-16(26-3)18(17)28-20(22)21-19(23)13-5-7-14(27-4)8-6-13/h5-10H,11-12H2,1-4H3. The third-order valence-electron chi connectivity index (χ3n) is 4.25. The molecule has 0 saturated carbocycles. The van der Waals surface area contributed by atoms with Crippen LogP contribution in [0, 0.1) is 0 Å². The molecule has 0 aliphatic carbocycles. The van der Waals surface area contributed by atoms with Gasteiger partial charge in [-0.3, -0.25) is 4.79 Å². The van der Waals surface area contributed by atoms with Crippen LogP contribution in [0.4, 0.5) is 0 Å². The SMILES string of the molecule is COCCn1c(=NC(=O)c2ccc(SC)cc2)sc2c(OC)ccc(OC)c21. The van der Waals surface area contributed by atoms with Gasteiger partial charge in [-0.15, -0.1) is 11.8 Å². The number of thiazole rings is 1. The van der Waals surface area contributed by atoms with Gasteiger partial charge in [-0.2, -0.15) is 4.99 Å². The Morgan fingerprint density at radius 3 is 2.36 bits per heavy atom. The minimum absolute atomic E-state index is 0.289. The molecule has 0 fully saturated rings. The predicted molar refractivity (Wildman–Crippen MR) is 113 cm³/mol. The summed E-state index contributed by atoms with van der Waals surface area (Å²) in [7, 11) is 4.88. The first-order valence-corrected chi connectivity index (χ1v) is 10.6. The van der Waals surface area contributed by atoms with Crippen LogP contribution in [0.5, 0.6) is 11.5 Å². The fourth-order valence-corrected chi connectivity index (χ4v) is 4.39. The Labute approximate surface area is 171 Å². The first kappa shape index (κ1) is 20.4. The molecule has 0 N–H and O–H groups in total. The number of amides is 1. The van der Waals surface area contributed by atoms with Crippen molar-refractivity contribution < 1.29 is 19.0 Å². The topological polar surface area (TPSA) is 62.1 Å². The van der Waals surface area contributed by atoms with Crippen LogP contribution in [-0.4, -0.2) is 44.7 Å². The minimum atomic E-state index is -0.289. The van der Waals surface area contributed by atoms with Gasteiger partial charge in [0.15, 0.2) is 4.80 Å². The smallest absolute Gasteiger partial charge is 0.279 e. The fraction of sp³-hybridized carbons (Fsp3) is 0.300. The molecule has 2 aromatic carbocycles. The van der Waals surface area contributed by atoms with E-state index in [1.54, 1.807) is 45.2 Å². The molecular weight excluding hydrogens is 396 g/mol. The Morgan fingerprint density at radius 1 is 1.07 bits per heavy atom. The van der Waals surface area contributed by atoms with Gasteiger partial charge in [0.2, 0.25) is 0 Å². The van der Waals surface area contributed by atoms with Crippen molar-refractivity contribution in [3.05, 3.63) is 46.8 Å². The number of aromatic nitrogens is 1. The van der Waals surface area contributed by atoms with E-state index in [2.05, 4.69) is 4.99 Å². The van der Waals surface area contributed by atoms with E-state index in [0.29, 0.717) is 35.0 Å². The van der Waals surface area contributed by atoms with Gasteiger partial charge < -0.3 is 18.8 Å². The number of ether oxygens (including phenoxy) is 3. The van der Waals surface area contributed by atoms with E-state index in [0.717, 1.165) is 15.1 Å². The van der Waals surface area contributed by atoms with Gasteiger partial charge in [-0.25, -0.2) is 0 Å². The average molecular weight is 419 g/mol. The quantitative estimate of drug-likeness (QED) is 0.546. The molecule has 0 radical (unpaired) electrons. The fourth-order valence-electron chi connectivity index (χ4n) is 2.81. The van der Waals surface area contributed by atoms with Gasteiger partial charge >= 0.3 is 0 Å². The van der Waals surface area contributed by atoms with Crippen LogP contribution in [0.1, 0.15) is 10.4 Å². The van der Waals surface area contributed by atoms with Crippen LogP contribution in [-0.2, 0) is 11.3 Å². The summed E-state index contributed by atoms with van der Waals surface area (Å²) in [5.41, 5.74) is 1.39. The van der Waals surface area contributed by atoms with Crippen molar-refractivity contribution in [1.29, 1.82) is 0 Å². The summed E-state index contributed by atoms with van der Waals surface area (Å²) in [6, 6.07) is 11.1. The number of methoxy groups -OCH3 is 3. The van der Waals surface area contributed by atoms with Crippen LogP contribution in [0.2, 0.25) is 0 Å². The molecule has 0 atom stereocenters. The second-order valence-corrected chi connectivity index (χ2v) is 7.68. The van der Waals surface area contributed by atoms with E-state index in [-0.39, 0.29) is 5.91 Å². The number of hydrogen-bond donors (Lipinski definition) is 0. The van der Waals surface area contributed by atoms with Crippen molar-refractivity contribution in [1.82, 2.24) is 4.57 Å². The average Bonchev–Trinajstić information content (AvgIpc) is 3.09. The normalized spacial score (nSPS) is 11.8. The van der Waals surface area contributed by atoms with Gasteiger partial charge in [-0.1, -0.05) is 11.3 Å². The summed E-state index contributed by atoms with van der Waals surface area (Å²) < 4.78 is 19.1. The van der Waals surface area contributed by atoms with Crippen LogP contribution < -0.4 is 14.3 Å². The molecule has 1 heterocycles. The number of carbonyl (C=O) groups excluding carboxylic acids is 1. The summed E-state index contributed by atoms with van der Waals surface area (Å²) >= 11 is 3.03. The van der Waals surface area contributed by atoms with Crippen LogP contribution >= 0.6 is 23.1 Å². The number of carbonyl (C=O) groups is 1.